The van der Waals surface area contributed by atoms with Crippen LogP contribution in [-0.2, 0) is 25.6 Å². The predicted molar refractivity (Wildman–Crippen MR) is 129 cm³/mol. The van der Waals surface area contributed by atoms with E-state index >= 15 is 0 Å². The van der Waals surface area contributed by atoms with Gasteiger partial charge in [0.2, 0.25) is 0 Å². The zero-order chi connectivity index (χ0) is 23.2. The van der Waals surface area contributed by atoms with Crippen LogP contribution in [0.2, 0.25) is 0 Å². The molecular weight excluding hydrogens is 450 g/mol. The van der Waals surface area contributed by atoms with Crippen molar-refractivity contribution in [3.8, 4) is 0 Å². The maximum Gasteiger partial charge on any atom is 0.184 e. The molecule has 174 valence electrons. The summed E-state index contributed by atoms with van der Waals surface area (Å²) in [5.74, 6) is 0. The van der Waals surface area contributed by atoms with Crippen LogP contribution in [0.5, 0.6) is 0 Å². The lowest BCUT2D eigenvalue weighted by Crippen LogP contribution is -2.61. The number of hydrogen-bond donors (Lipinski definition) is 0. The molecule has 0 aromatic heterocycles. The summed E-state index contributed by atoms with van der Waals surface area (Å²) in [6.45, 7) is 0.722. The van der Waals surface area contributed by atoms with Crippen molar-refractivity contribution in [1.82, 2.24) is 0 Å². The van der Waals surface area contributed by atoms with Gasteiger partial charge in [0, 0.05) is 15.4 Å². The molecule has 2 aliphatic rings. The number of thioether (sulfide) groups is 1. The molecule has 2 heterocycles. The maximum atomic E-state index is 9.40. The summed E-state index contributed by atoms with van der Waals surface area (Å²) in [4.78, 5) is 4.16. The zero-order valence-electron chi connectivity index (χ0n) is 18.4. The zero-order valence-corrected chi connectivity index (χ0v) is 19.2. The summed E-state index contributed by atoms with van der Waals surface area (Å²) < 4.78 is 25.2. The van der Waals surface area contributed by atoms with E-state index in [0.717, 1.165) is 16.0 Å². The number of azide groups is 1. The molecule has 2 saturated heterocycles. The van der Waals surface area contributed by atoms with Gasteiger partial charge in [-0.05, 0) is 23.2 Å². The number of hydrogen-bond acceptors (Lipinski definition) is 6. The predicted octanol–water partition coefficient (Wildman–Crippen LogP) is 5.88. The van der Waals surface area contributed by atoms with Crippen LogP contribution in [0, 0.1) is 0 Å². The highest BCUT2D eigenvalue weighted by atomic mass is 32.2. The Morgan fingerprint density at radius 2 is 1.59 bits per heavy atom. The number of nitrogens with zero attached hydrogens (tertiary/aromatic N) is 3. The van der Waals surface area contributed by atoms with E-state index in [9.17, 15) is 5.53 Å². The van der Waals surface area contributed by atoms with Gasteiger partial charge in [0.15, 0.2) is 6.29 Å². The number of ether oxygens (including phenoxy) is 4. The van der Waals surface area contributed by atoms with Crippen LogP contribution in [0.4, 0.5) is 0 Å². The van der Waals surface area contributed by atoms with E-state index in [4.69, 9.17) is 18.9 Å². The summed E-state index contributed by atoms with van der Waals surface area (Å²) in [6.07, 6.45) is -1.86. The van der Waals surface area contributed by atoms with Crippen molar-refractivity contribution in [3.63, 3.8) is 0 Å². The first-order valence-electron chi connectivity index (χ1n) is 11.2. The van der Waals surface area contributed by atoms with E-state index in [2.05, 4.69) is 10.0 Å². The second kappa shape index (κ2) is 11.1. The van der Waals surface area contributed by atoms with Crippen molar-refractivity contribution in [3.05, 3.63) is 113 Å². The molecular formula is C26H25N3O4S. The second-order valence-corrected chi connectivity index (χ2v) is 9.28. The molecule has 2 aliphatic heterocycles. The van der Waals surface area contributed by atoms with Crippen molar-refractivity contribution in [2.45, 2.75) is 47.6 Å². The van der Waals surface area contributed by atoms with Crippen molar-refractivity contribution >= 4 is 11.8 Å². The van der Waals surface area contributed by atoms with Crippen molar-refractivity contribution in [2.24, 2.45) is 5.11 Å². The third-order valence-corrected chi connectivity index (χ3v) is 7.01. The third-order valence-electron chi connectivity index (χ3n) is 5.84. The van der Waals surface area contributed by atoms with E-state index in [0.29, 0.717) is 13.2 Å². The van der Waals surface area contributed by atoms with Gasteiger partial charge in [-0.25, -0.2) is 0 Å². The van der Waals surface area contributed by atoms with Crippen molar-refractivity contribution < 1.29 is 18.9 Å². The molecule has 3 aromatic carbocycles. The number of benzene rings is 3. The first-order chi connectivity index (χ1) is 16.8. The topological polar surface area (TPSA) is 85.7 Å². The quantitative estimate of drug-likeness (QED) is 0.242. The summed E-state index contributed by atoms with van der Waals surface area (Å²) in [5, 5.41) is 4.13. The Hall–Kier alpha value is -2.84. The Morgan fingerprint density at radius 1 is 0.912 bits per heavy atom. The molecule has 0 saturated carbocycles. The maximum absolute atomic E-state index is 9.40. The smallest absolute Gasteiger partial charge is 0.184 e. The minimum atomic E-state index is -0.588. The van der Waals surface area contributed by atoms with Gasteiger partial charge in [-0.1, -0.05) is 95.7 Å². The number of fused-ring (bicyclic) bond motifs is 1. The van der Waals surface area contributed by atoms with Gasteiger partial charge in [0.25, 0.3) is 0 Å². The third kappa shape index (κ3) is 5.28. The van der Waals surface area contributed by atoms with Crippen molar-refractivity contribution in [1.29, 1.82) is 0 Å². The molecule has 0 aliphatic carbocycles. The van der Waals surface area contributed by atoms with Gasteiger partial charge in [0.05, 0.1) is 19.3 Å². The molecule has 34 heavy (non-hydrogen) atoms. The number of rotatable bonds is 7. The Kier molecular flexibility index (Phi) is 7.46. The van der Waals surface area contributed by atoms with E-state index in [1.165, 1.54) is 11.8 Å². The van der Waals surface area contributed by atoms with Crippen LogP contribution in [0.25, 0.3) is 10.4 Å². The first-order valence-corrected chi connectivity index (χ1v) is 12.1. The average molecular weight is 476 g/mol. The first kappa shape index (κ1) is 22.9. The summed E-state index contributed by atoms with van der Waals surface area (Å²) in [7, 11) is 0. The van der Waals surface area contributed by atoms with Crippen molar-refractivity contribution in [2.75, 3.05) is 6.61 Å². The Morgan fingerprint density at radius 3 is 2.29 bits per heavy atom. The van der Waals surface area contributed by atoms with Crippen LogP contribution in [-0.4, -0.2) is 36.4 Å². The molecule has 0 amide bonds. The van der Waals surface area contributed by atoms with Gasteiger partial charge in [-0.3, -0.25) is 0 Å². The van der Waals surface area contributed by atoms with Crippen LogP contribution in [0.15, 0.2) is 101 Å². The molecule has 0 N–H and O–H groups in total. The molecule has 2 fully saturated rings. The molecule has 0 spiro atoms. The van der Waals surface area contributed by atoms with Crippen LogP contribution in [0.3, 0.4) is 0 Å². The fraction of sp³-hybridized carbons (Fsp3) is 0.308. The van der Waals surface area contributed by atoms with Gasteiger partial charge in [-0.2, -0.15) is 0 Å². The molecule has 0 radical (unpaired) electrons. The van der Waals surface area contributed by atoms with Crippen LogP contribution in [0.1, 0.15) is 17.4 Å². The van der Waals surface area contributed by atoms with Crippen LogP contribution >= 0.6 is 11.8 Å². The van der Waals surface area contributed by atoms with Gasteiger partial charge >= 0.3 is 0 Å². The van der Waals surface area contributed by atoms with Gasteiger partial charge in [0.1, 0.15) is 23.7 Å². The van der Waals surface area contributed by atoms with E-state index in [-0.39, 0.29) is 6.10 Å². The van der Waals surface area contributed by atoms with Crippen LogP contribution < -0.4 is 0 Å². The Bertz CT molecular complexity index is 1100. The second-order valence-electron chi connectivity index (χ2n) is 8.11. The molecule has 5 rings (SSSR count). The highest BCUT2D eigenvalue weighted by Crippen LogP contribution is 2.41. The highest BCUT2D eigenvalue weighted by Gasteiger charge is 2.50. The summed E-state index contributed by atoms with van der Waals surface area (Å²) in [6, 6.07) is 29.0. The largest absolute Gasteiger partial charge is 0.370 e. The molecule has 3 aromatic rings. The normalized spacial score (nSPS) is 28.5. The van der Waals surface area contributed by atoms with Gasteiger partial charge in [-0.15, -0.1) is 0 Å². The summed E-state index contributed by atoms with van der Waals surface area (Å²) >= 11 is 1.51. The summed E-state index contributed by atoms with van der Waals surface area (Å²) in [5.41, 5.74) is 10.9. The lowest BCUT2D eigenvalue weighted by Gasteiger charge is -2.48. The molecule has 0 bridgehead atoms. The lowest BCUT2D eigenvalue weighted by molar-refractivity contribution is -0.311. The van der Waals surface area contributed by atoms with E-state index < -0.39 is 30.0 Å². The molecule has 6 atom stereocenters. The van der Waals surface area contributed by atoms with E-state index in [1.807, 2.05) is 91.0 Å². The highest BCUT2D eigenvalue weighted by molar-refractivity contribution is 7.99. The fourth-order valence-electron chi connectivity index (χ4n) is 4.21. The fourth-order valence-corrected chi connectivity index (χ4v) is 5.34. The molecule has 7 nitrogen and oxygen atoms in total. The average Bonchev–Trinajstić information content (AvgIpc) is 2.90. The molecule has 0 unspecified atom stereocenters. The SMILES string of the molecule is [N-]=[N+]=N[C@@H]1[C@@H](OCc2ccccc2)[C@H]2O[C@@H](c3ccccc3)OC[C@H]2O[C@H]1Sc1ccccc1. The molecule has 8 heteroatoms. The minimum absolute atomic E-state index is 0.351. The van der Waals surface area contributed by atoms with E-state index in [1.54, 1.807) is 0 Å². The standard InChI is InChI=1S/C26H25N3O4S/c27-29-28-22-24(30-16-18-10-4-1-5-11-18)23-21(32-26(22)34-20-14-8-3-9-15-20)17-31-25(33-23)19-12-6-2-7-13-19/h1-15,21-26H,16-17H2/t21-,22-,23+,24-,25+,26+/m1/s1. The Balaban J connectivity index is 1.43. The Labute approximate surface area is 202 Å². The monoisotopic (exact) mass is 475 g/mol. The minimum Gasteiger partial charge on any atom is -0.370 e. The lowest BCUT2D eigenvalue weighted by atomic mass is 9.97. The van der Waals surface area contributed by atoms with Gasteiger partial charge < -0.3 is 18.9 Å².